The van der Waals surface area contributed by atoms with Crippen molar-refractivity contribution in [2.24, 2.45) is 5.14 Å². The summed E-state index contributed by atoms with van der Waals surface area (Å²) in [5.41, 5.74) is 0.894. The molecule has 0 bridgehead atoms. The molecule has 2 aromatic rings. The molecule has 0 spiro atoms. The first kappa shape index (κ1) is 15.1. The van der Waals surface area contributed by atoms with Crippen LogP contribution < -0.4 is 10.5 Å². The van der Waals surface area contributed by atoms with Gasteiger partial charge in [-0.3, -0.25) is 4.79 Å². The maximum absolute atomic E-state index is 11.6. The van der Waals surface area contributed by atoms with Gasteiger partial charge in [0.2, 0.25) is 15.9 Å². The molecule has 0 aliphatic heterocycles. The first-order chi connectivity index (χ1) is 9.95. The first-order valence-corrected chi connectivity index (χ1v) is 7.59. The average molecular weight is 310 g/mol. The maximum atomic E-state index is 11.6. The van der Waals surface area contributed by atoms with Crippen LogP contribution in [0.25, 0.3) is 0 Å². The third kappa shape index (κ3) is 4.61. The number of benzene rings is 1. The SMILES string of the molecule is NS(=O)(=O)c1ccc(CCNC(=O)Cn2cnnn2)cc1. The lowest BCUT2D eigenvalue weighted by Crippen LogP contribution is -2.29. The van der Waals surface area contributed by atoms with Crippen LogP contribution in [-0.4, -0.2) is 41.1 Å². The summed E-state index contributed by atoms with van der Waals surface area (Å²) in [4.78, 5) is 11.6. The molecule has 1 aromatic carbocycles. The van der Waals surface area contributed by atoms with E-state index in [1.807, 2.05) is 0 Å². The molecule has 0 radical (unpaired) electrons. The molecule has 0 saturated carbocycles. The van der Waals surface area contributed by atoms with Gasteiger partial charge in [0.1, 0.15) is 12.9 Å². The third-order valence-electron chi connectivity index (χ3n) is 2.68. The van der Waals surface area contributed by atoms with Crippen molar-refractivity contribution < 1.29 is 13.2 Å². The number of hydrogen-bond donors (Lipinski definition) is 2. The number of hydrogen-bond acceptors (Lipinski definition) is 6. The Morgan fingerprint density at radius 2 is 2.00 bits per heavy atom. The number of carbonyl (C=O) groups excluding carboxylic acids is 1. The average Bonchev–Trinajstić information content (AvgIpc) is 2.91. The Kier molecular flexibility index (Phi) is 4.60. The standard InChI is InChI=1S/C11H14N6O3S/c12-21(19,20)10-3-1-9(2-4-10)5-6-13-11(18)7-17-8-14-15-16-17/h1-4,8H,5-7H2,(H,13,18)(H2,12,19,20). The van der Waals surface area contributed by atoms with Gasteiger partial charge in [0.05, 0.1) is 4.90 Å². The van der Waals surface area contributed by atoms with Gasteiger partial charge < -0.3 is 5.32 Å². The van der Waals surface area contributed by atoms with Gasteiger partial charge in [-0.15, -0.1) is 5.10 Å². The quantitative estimate of drug-likeness (QED) is 0.680. The fourth-order valence-corrected chi connectivity index (χ4v) is 2.16. The highest BCUT2D eigenvalue weighted by Crippen LogP contribution is 2.08. The van der Waals surface area contributed by atoms with E-state index in [0.717, 1.165) is 5.56 Å². The molecule has 0 aliphatic carbocycles. The second kappa shape index (κ2) is 6.41. The Labute approximate surface area is 121 Å². The molecule has 1 aromatic heterocycles. The van der Waals surface area contributed by atoms with E-state index in [4.69, 9.17) is 5.14 Å². The van der Waals surface area contributed by atoms with Gasteiger partial charge in [-0.1, -0.05) is 12.1 Å². The van der Waals surface area contributed by atoms with E-state index < -0.39 is 10.0 Å². The van der Waals surface area contributed by atoms with Crippen LogP contribution in [0.15, 0.2) is 35.5 Å². The van der Waals surface area contributed by atoms with Crippen molar-refractivity contribution in [2.75, 3.05) is 6.54 Å². The van der Waals surface area contributed by atoms with E-state index in [1.54, 1.807) is 12.1 Å². The molecule has 0 aliphatic rings. The van der Waals surface area contributed by atoms with Crippen LogP contribution in [0.4, 0.5) is 0 Å². The number of sulfonamides is 1. The number of nitrogens with zero attached hydrogens (tertiary/aromatic N) is 4. The summed E-state index contributed by atoms with van der Waals surface area (Å²) in [6.45, 7) is 0.479. The maximum Gasteiger partial charge on any atom is 0.241 e. The molecular formula is C11H14N6O3S. The van der Waals surface area contributed by atoms with Crippen molar-refractivity contribution in [1.29, 1.82) is 0 Å². The highest BCUT2D eigenvalue weighted by Gasteiger charge is 2.07. The van der Waals surface area contributed by atoms with E-state index in [2.05, 4.69) is 20.8 Å². The molecule has 0 unspecified atom stereocenters. The fourth-order valence-electron chi connectivity index (χ4n) is 1.65. The summed E-state index contributed by atoms with van der Waals surface area (Å²) in [5, 5.41) is 18.2. The number of carbonyl (C=O) groups is 1. The van der Waals surface area contributed by atoms with Crippen molar-refractivity contribution in [3.05, 3.63) is 36.2 Å². The molecule has 10 heteroatoms. The minimum atomic E-state index is -3.67. The Morgan fingerprint density at radius 1 is 1.29 bits per heavy atom. The van der Waals surface area contributed by atoms with Gasteiger partial charge in [-0.2, -0.15) is 0 Å². The van der Waals surface area contributed by atoms with Gasteiger partial charge in [-0.25, -0.2) is 18.2 Å². The van der Waals surface area contributed by atoms with Gasteiger partial charge in [0.15, 0.2) is 0 Å². The zero-order valence-electron chi connectivity index (χ0n) is 11.0. The van der Waals surface area contributed by atoms with E-state index in [9.17, 15) is 13.2 Å². The third-order valence-corrected chi connectivity index (χ3v) is 3.61. The normalized spacial score (nSPS) is 11.3. The predicted molar refractivity (Wildman–Crippen MR) is 72.3 cm³/mol. The molecule has 1 amide bonds. The molecule has 1 heterocycles. The minimum Gasteiger partial charge on any atom is -0.354 e. The number of primary sulfonamides is 1. The van der Waals surface area contributed by atoms with Crippen LogP contribution in [0.2, 0.25) is 0 Å². The lowest BCUT2D eigenvalue weighted by atomic mass is 10.1. The largest absolute Gasteiger partial charge is 0.354 e. The highest BCUT2D eigenvalue weighted by molar-refractivity contribution is 7.89. The summed E-state index contributed by atoms with van der Waals surface area (Å²) in [5.74, 6) is -0.205. The lowest BCUT2D eigenvalue weighted by Gasteiger charge is -2.05. The summed E-state index contributed by atoms with van der Waals surface area (Å²) in [7, 11) is -3.67. The van der Waals surface area contributed by atoms with Crippen LogP contribution in [-0.2, 0) is 27.8 Å². The molecule has 0 fully saturated rings. The number of tetrazole rings is 1. The monoisotopic (exact) mass is 310 g/mol. The molecule has 9 nitrogen and oxygen atoms in total. The van der Waals surface area contributed by atoms with Gasteiger partial charge in [-0.05, 0) is 34.5 Å². The number of nitrogens with two attached hydrogens (primary N) is 1. The molecule has 0 atom stereocenters. The van der Waals surface area contributed by atoms with E-state index in [0.29, 0.717) is 13.0 Å². The molecular weight excluding hydrogens is 296 g/mol. The number of amides is 1. The molecule has 3 N–H and O–H groups in total. The lowest BCUT2D eigenvalue weighted by molar-refractivity contribution is -0.121. The van der Waals surface area contributed by atoms with Crippen LogP contribution in [0.1, 0.15) is 5.56 Å². The number of nitrogens with one attached hydrogen (secondary N) is 1. The molecule has 0 saturated heterocycles. The van der Waals surface area contributed by atoms with Crippen molar-refractivity contribution in [2.45, 2.75) is 17.9 Å². The Hall–Kier alpha value is -2.33. The number of aromatic nitrogens is 4. The minimum absolute atomic E-state index is 0.0529. The predicted octanol–water partition coefficient (Wildman–Crippen LogP) is -1.32. The van der Waals surface area contributed by atoms with Gasteiger partial charge in [0.25, 0.3) is 0 Å². The van der Waals surface area contributed by atoms with Gasteiger partial charge in [0, 0.05) is 6.54 Å². The molecule has 2 rings (SSSR count). The summed E-state index contributed by atoms with van der Waals surface area (Å²) in [6, 6.07) is 6.20. The van der Waals surface area contributed by atoms with Crippen molar-refractivity contribution in [3.8, 4) is 0 Å². The van der Waals surface area contributed by atoms with E-state index >= 15 is 0 Å². The second-order valence-corrected chi connectivity index (χ2v) is 5.86. The Morgan fingerprint density at radius 3 is 2.57 bits per heavy atom. The van der Waals surface area contributed by atoms with Crippen LogP contribution >= 0.6 is 0 Å². The van der Waals surface area contributed by atoms with E-state index in [1.165, 1.54) is 23.1 Å². The van der Waals surface area contributed by atoms with E-state index in [-0.39, 0.29) is 17.3 Å². The zero-order chi connectivity index (χ0) is 15.3. The first-order valence-electron chi connectivity index (χ1n) is 6.04. The summed E-state index contributed by atoms with van der Waals surface area (Å²) >= 11 is 0. The summed E-state index contributed by atoms with van der Waals surface area (Å²) < 4.78 is 23.5. The Balaban J connectivity index is 1.79. The smallest absolute Gasteiger partial charge is 0.241 e. The fraction of sp³-hybridized carbons (Fsp3) is 0.273. The second-order valence-electron chi connectivity index (χ2n) is 4.30. The van der Waals surface area contributed by atoms with Crippen molar-refractivity contribution in [3.63, 3.8) is 0 Å². The topological polar surface area (TPSA) is 133 Å². The van der Waals surface area contributed by atoms with Crippen molar-refractivity contribution >= 4 is 15.9 Å². The van der Waals surface area contributed by atoms with Crippen molar-refractivity contribution in [1.82, 2.24) is 25.5 Å². The highest BCUT2D eigenvalue weighted by atomic mass is 32.2. The van der Waals surface area contributed by atoms with Crippen LogP contribution in [0.3, 0.4) is 0 Å². The Bertz CT molecular complexity index is 696. The summed E-state index contributed by atoms with van der Waals surface area (Å²) in [6.07, 6.45) is 1.93. The molecule has 112 valence electrons. The molecule has 21 heavy (non-hydrogen) atoms. The van der Waals surface area contributed by atoms with Crippen LogP contribution in [0.5, 0.6) is 0 Å². The zero-order valence-corrected chi connectivity index (χ0v) is 11.8. The van der Waals surface area contributed by atoms with Crippen LogP contribution in [0, 0.1) is 0 Å². The number of rotatable bonds is 6. The van der Waals surface area contributed by atoms with Gasteiger partial charge >= 0.3 is 0 Å².